The molecular formula is C23H25N7O. The van der Waals surface area contributed by atoms with Crippen molar-refractivity contribution < 1.29 is 4.79 Å². The quantitative estimate of drug-likeness (QED) is 0.576. The molecule has 2 fully saturated rings. The maximum atomic E-state index is 11.6. The number of aromatic nitrogens is 4. The number of amides is 1. The van der Waals surface area contributed by atoms with Gasteiger partial charge >= 0.3 is 0 Å². The molecule has 1 amide bonds. The van der Waals surface area contributed by atoms with Crippen LogP contribution in [0.3, 0.4) is 0 Å². The minimum Gasteiger partial charge on any atom is -0.356 e. The summed E-state index contributed by atoms with van der Waals surface area (Å²) in [6.07, 6.45) is 15.7. The molecule has 5 rings (SSSR count). The highest BCUT2D eigenvalue weighted by Crippen LogP contribution is 2.39. The van der Waals surface area contributed by atoms with Crippen molar-refractivity contribution in [3.8, 4) is 0 Å². The van der Waals surface area contributed by atoms with Gasteiger partial charge in [0.15, 0.2) is 0 Å². The van der Waals surface area contributed by atoms with Gasteiger partial charge in [0.05, 0.1) is 5.69 Å². The van der Waals surface area contributed by atoms with Crippen LogP contribution in [0.15, 0.2) is 42.1 Å². The van der Waals surface area contributed by atoms with E-state index in [1.165, 1.54) is 24.5 Å². The third-order valence-corrected chi connectivity index (χ3v) is 6.01. The van der Waals surface area contributed by atoms with Crippen LogP contribution in [-0.4, -0.2) is 45.1 Å². The third-order valence-electron chi connectivity index (χ3n) is 6.01. The first-order chi connectivity index (χ1) is 15.2. The van der Waals surface area contributed by atoms with E-state index in [-0.39, 0.29) is 5.91 Å². The molecule has 2 aromatic heterocycles. The van der Waals surface area contributed by atoms with Gasteiger partial charge in [0.1, 0.15) is 12.1 Å². The van der Waals surface area contributed by atoms with Crippen LogP contribution in [0.2, 0.25) is 0 Å². The summed E-state index contributed by atoms with van der Waals surface area (Å²) in [7, 11) is 0. The Bertz CT molecular complexity index is 1060. The Balaban J connectivity index is 1.25. The van der Waals surface area contributed by atoms with E-state index in [1.807, 2.05) is 24.7 Å². The molecule has 31 heavy (non-hydrogen) atoms. The fourth-order valence-corrected chi connectivity index (χ4v) is 4.16. The van der Waals surface area contributed by atoms with E-state index >= 15 is 0 Å². The fraction of sp³-hybridized carbons (Fsp3) is 0.391. The number of aliphatic imine (C=N–C) groups is 1. The Hall–Kier alpha value is -3.42. The van der Waals surface area contributed by atoms with Crippen molar-refractivity contribution in [2.45, 2.75) is 38.0 Å². The van der Waals surface area contributed by atoms with Crippen molar-refractivity contribution in [1.82, 2.24) is 25.3 Å². The summed E-state index contributed by atoms with van der Waals surface area (Å²) >= 11 is 0. The van der Waals surface area contributed by atoms with Crippen LogP contribution in [0.5, 0.6) is 0 Å². The predicted molar refractivity (Wildman–Crippen MR) is 119 cm³/mol. The summed E-state index contributed by atoms with van der Waals surface area (Å²) in [5.74, 6) is 2.30. The molecule has 0 aromatic carbocycles. The molecule has 0 radical (unpaired) electrons. The molecule has 1 N–H and O–H groups in total. The lowest BCUT2D eigenvalue weighted by molar-refractivity contribution is -0.115. The Kier molecular flexibility index (Phi) is 5.28. The van der Waals surface area contributed by atoms with Crippen molar-refractivity contribution in [2.75, 3.05) is 18.0 Å². The summed E-state index contributed by atoms with van der Waals surface area (Å²) in [6.45, 7) is 5.28. The molecule has 1 saturated carbocycles. The van der Waals surface area contributed by atoms with Gasteiger partial charge in [-0.3, -0.25) is 4.79 Å². The van der Waals surface area contributed by atoms with Crippen LogP contribution in [0.4, 0.5) is 11.8 Å². The van der Waals surface area contributed by atoms with Gasteiger partial charge in [-0.1, -0.05) is 6.58 Å². The van der Waals surface area contributed by atoms with E-state index in [2.05, 4.69) is 41.7 Å². The number of carbonyl (C=O) groups is 1. The predicted octanol–water partition coefficient (Wildman–Crippen LogP) is 2.96. The first-order valence-electron chi connectivity index (χ1n) is 10.8. The lowest BCUT2D eigenvalue weighted by Crippen LogP contribution is -2.26. The highest BCUT2D eigenvalue weighted by atomic mass is 16.1. The van der Waals surface area contributed by atoms with E-state index in [1.54, 1.807) is 6.33 Å². The Morgan fingerprint density at radius 3 is 2.77 bits per heavy atom. The van der Waals surface area contributed by atoms with E-state index in [9.17, 15) is 4.79 Å². The summed E-state index contributed by atoms with van der Waals surface area (Å²) in [5.41, 5.74) is 4.09. The normalized spacial score (nSPS) is 20.5. The molecule has 8 heteroatoms. The zero-order valence-corrected chi connectivity index (χ0v) is 17.4. The standard InChI is InChI=1S/C23H25N7O/c1-2-21(31)29-18-5-6-19-20(9-18)27-14-28-22(19)30-8-7-15(13-30)10-24-23-25-11-17(12-26-23)16-3-4-16/h2,9-12,14-16H,1,3-8,13H2,(H,29,31)/b24-10+. The molecule has 158 valence electrons. The van der Waals surface area contributed by atoms with Gasteiger partial charge in [0.25, 0.3) is 0 Å². The van der Waals surface area contributed by atoms with Crippen LogP contribution < -0.4 is 10.2 Å². The largest absolute Gasteiger partial charge is 0.356 e. The van der Waals surface area contributed by atoms with E-state index in [4.69, 9.17) is 0 Å². The summed E-state index contributed by atoms with van der Waals surface area (Å²) in [6, 6.07) is 0. The number of allylic oxidation sites excluding steroid dienone is 1. The minimum absolute atomic E-state index is 0.197. The molecule has 2 aliphatic carbocycles. The molecule has 0 spiro atoms. The first-order valence-corrected chi connectivity index (χ1v) is 10.8. The molecule has 1 aliphatic heterocycles. The van der Waals surface area contributed by atoms with Gasteiger partial charge in [-0.05, 0) is 55.7 Å². The number of nitrogens with one attached hydrogen (secondary N) is 1. The highest BCUT2D eigenvalue weighted by Gasteiger charge is 2.27. The average Bonchev–Trinajstić information content (AvgIpc) is 3.55. The molecule has 3 aliphatic rings. The van der Waals surface area contributed by atoms with Gasteiger partial charge in [-0.15, -0.1) is 0 Å². The molecule has 2 aromatic rings. The van der Waals surface area contributed by atoms with Crippen LogP contribution >= 0.6 is 0 Å². The minimum atomic E-state index is -0.197. The lowest BCUT2D eigenvalue weighted by atomic mass is 9.99. The van der Waals surface area contributed by atoms with Gasteiger partial charge in [-0.25, -0.2) is 24.9 Å². The smallest absolute Gasteiger partial charge is 0.248 e. The monoisotopic (exact) mass is 415 g/mol. The summed E-state index contributed by atoms with van der Waals surface area (Å²) in [5, 5.41) is 2.85. The van der Waals surface area contributed by atoms with Crippen LogP contribution in [0.1, 0.15) is 48.4 Å². The molecule has 0 bridgehead atoms. The molecule has 8 nitrogen and oxygen atoms in total. The second kappa shape index (κ2) is 8.37. The number of nitrogens with zero attached hydrogens (tertiary/aromatic N) is 6. The van der Waals surface area contributed by atoms with Crippen molar-refractivity contribution >= 4 is 30.0 Å². The number of rotatable bonds is 6. The molecule has 1 saturated heterocycles. The Morgan fingerprint density at radius 2 is 2.00 bits per heavy atom. The number of hydrogen-bond acceptors (Lipinski definition) is 7. The Labute approximate surface area is 181 Å². The third kappa shape index (κ3) is 4.38. The Morgan fingerprint density at radius 1 is 1.16 bits per heavy atom. The van der Waals surface area contributed by atoms with Crippen LogP contribution in [0.25, 0.3) is 6.08 Å². The second-order valence-corrected chi connectivity index (χ2v) is 8.29. The zero-order valence-electron chi connectivity index (χ0n) is 17.4. The van der Waals surface area contributed by atoms with Crippen molar-refractivity contribution in [2.24, 2.45) is 10.9 Å². The number of fused-ring (bicyclic) bond motifs is 1. The van der Waals surface area contributed by atoms with Gasteiger partial charge in [0.2, 0.25) is 11.9 Å². The van der Waals surface area contributed by atoms with E-state index in [0.717, 1.165) is 55.1 Å². The topological polar surface area (TPSA) is 96.3 Å². The zero-order chi connectivity index (χ0) is 21.2. The molecular weight excluding hydrogens is 390 g/mol. The van der Waals surface area contributed by atoms with Crippen molar-refractivity contribution in [3.05, 3.63) is 53.9 Å². The summed E-state index contributed by atoms with van der Waals surface area (Å²) < 4.78 is 0. The van der Waals surface area contributed by atoms with Crippen molar-refractivity contribution in [1.29, 1.82) is 0 Å². The number of carbonyl (C=O) groups excluding carboxylic acids is 1. The second-order valence-electron chi connectivity index (χ2n) is 8.29. The van der Waals surface area contributed by atoms with E-state index in [0.29, 0.717) is 17.8 Å². The maximum absolute atomic E-state index is 11.6. The molecule has 1 atom stereocenters. The number of hydrogen-bond donors (Lipinski definition) is 1. The number of anilines is 1. The lowest BCUT2D eigenvalue weighted by Gasteiger charge is -2.24. The van der Waals surface area contributed by atoms with Crippen LogP contribution in [0, 0.1) is 5.92 Å². The first kappa shape index (κ1) is 19.5. The van der Waals surface area contributed by atoms with Gasteiger partial charge in [0, 0.05) is 48.9 Å². The van der Waals surface area contributed by atoms with E-state index < -0.39 is 0 Å². The van der Waals surface area contributed by atoms with Gasteiger partial charge in [-0.2, -0.15) is 0 Å². The van der Waals surface area contributed by atoms with Crippen LogP contribution in [-0.2, 0) is 11.2 Å². The summed E-state index contributed by atoms with van der Waals surface area (Å²) in [4.78, 5) is 36.2. The SMILES string of the molecule is C=CC(=O)NC1=Cc2ncnc(N3CCC(/C=N/c4ncc(C5CC5)cn4)C3)c2CC1. The fourth-order valence-electron chi connectivity index (χ4n) is 4.16. The van der Waals surface area contributed by atoms with Crippen molar-refractivity contribution in [3.63, 3.8) is 0 Å². The highest BCUT2D eigenvalue weighted by molar-refractivity contribution is 5.89. The average molecular weight is 416 g/mol. The molecule has 3 heterocycles. The maximum Gasteiger partial charge on any atom is 0.248 e. The molecule has 1 unspecified atom stereocenters. The van der Waals surface area contributed by atoms with Gasteiger partial charge < -0.3 is 10.2 Å².